The van der Waals surface area contributed by atoms with E-state index in [1.54, 1.807) is 24.3 Å². The number of benzene rings is 2. The molecule has 0 aliphatic rings. The molecule has 2 heterocycles. The molecule has 4 N–H and O–H groups in total. The van der Waals surface area contributed by atoms with Crippen molar-refractivity contribution in [3.8, 4) is 0 Å². The number of hydrogen-bond donors (Lipinski definition) is 4. The number of hydrogen-bond acceptors (Lipinski definition) is 4. The summed E-state index contributed by atoms with van der Waals surface area (Å²) in [7, 11) is -2.88. The molecule has 0 fully saturated rings. The lowest BCUT2D eigenvalue weighted by Gasteiger charge is -2.02. The first-order chi connectivity index (χ1) is 16.5. The van der Waals surface area contributed by atoms with Crippen LogP contribution in [0.3, 0.4) is 0 Å². The molecule has 0 saturated carbocycles. The molecule has 6 nitrogen and oxygen atoms in total. The van der Waals surface area contributed by atoms with Crippen molar-refractivity contribution in [2.75, 3.05) is 0 Å². The van der Waals surface area contributed by atoms with E-state index in [4.69, 9.17) is 0 Å². The van der Waals surface area contributed by atoms with E-state index < -0.39 is 14.2 Å². The smallest absolute Gasteiger partial charge is 0.488 e. The molecule has 0 bridgehead atoms. The summed E-state index contributed by atoms with van der Waals surface area (Å²) >= 11 is 0. The molecule has 0 amide bonds. The summed E-state index contributed by atoms with van der Waals surface area (Å²) in [6.07, 6.45) is 12.2. The Hall–Kier alpha value is -2.97. The summed E-state index contributed by atoms with van der Waals surface area (Å²) in [5.41, 5.74) is 5.32. The van der Waals surface area contributed by atoms with Gasteiger partial charge in [-0.15, -0.1) is 0 Å². The predicted octanol–water partition coefficient (Wildman–Crippen LogP) is -6.10. The van der Waals surface area contributed by atoms with Crippen LogP contribution in [0.25, 0.3) is 12.2 Å². The van der Waals surface area contributed by atoms with Crippen LogP contribution in [0.15, 0.2) is 97.6 Å². The highest BCUT2D eigenvalue weighted by atomic mass is 35.5. The van der Waals surface area contributed by atoms with Crippen molar-refractivity contribution in [2.24, 2.45) is 0 Å². The van der Waals surface area contributed by atoms with Crippen molar-refractivity contribution in [3.63, 3.8) is 0 Å². The topological polar surface area (TPSA) is 88.7 Å². The molecule has 184 valence electrons. The summed E-state index contributed by atoms with van der Waals surface area (Å²) in [6, 6.07) is 22.7. The summed E-state index contributed by atoms with van der Waals surface area (Å²) in [4.78, 5) is 0. The van der Waals surface area contributed by atoms with Crippen molar-refractivity contribution in [1.82, 2.24) is 0 Å². The fourth-order valence-corrected chi connectivity index (χ4v) is 3.58. The van der Waals surface area contributed by atoms with Gasteiger partial charge >= 0.3 is 14.2 Å². The molecule has 0 aliphatic heterocycles. The number of halogens is 2. The lowest BCUT2D eigenvalue weighted by Crippen LogP contribution is -3.00. The molecule has 0 spiro atoms. The van der Waals surface area contributed by atoms with Crippen LogP contribution in [0.1, 0.15) is 22.3 Å². The van der Waals surface area contributed by atoms with E-state index in [0.29, 0.717) is 24.0 Å². The zero-order valence-corrected chi connectivity index (χ0v) is 20.9. The van der Waals surface area contributed by atoms with E-state index in [9.17, 15) is 20.1 Å². The van der Waals surface area contributed by atoms with Gasteiger partial charge in [0.25, 0.3) is 0 Å². The maximum Gasteiger partial charge on any atom is 0.488 e. The van der Waals surface area contributed by atoms with Crippen LogP contribution in [0.5, 0.6) is 0 Å². The number of aromatic nitrogens is 2. The number of pyridine rings is 2. The average molecular weight is 523 g/mol. The summed E-state index contributed by atoms with van der Waals surface area (Å²) in [5, 5.41) is 36.8. The third-order valence-corrected chi connectivity index (χ3v) is 5.59. The van der Waals surface area contributed by atoms with E-state index >= 15 is 0 Å². The Balaban J connectivity index is 0.00000228. The van der Waals surface area contributed by atoms with Crippen LogP contribution in [-0.4, -0.2) is 34.3 Å². The second-order valence-electron chi connectivity index (χ2n) is 8.17. The van der Waals surface area contributed by atoms with Crippen LogP contribution in [-0.2, 0) is 13.1 Å². The van der Waals surface area contributed by atoms with Crippen molar-refractivity contribution in [1.29, 1.82) is 0 Å². The number of nitrogens with zero attached hydrogens (tertiary/aromatic N) is 2. The normalized spacial score (nSPS) is 10.4. The summed E-state index contributed by atoms with van der Waals surface area (Å²) in [5.74, 6) is 0. The summed E-state index contributed by atoms with van der Waals surface area (Å²) in [6.45, 7) is 1.40. The highest BCUT2D eigenvalue weighted by molar-refractivity contribution is 6.58. The van der Waals surface area contributed by atoms with E-state index in [0.717, 1.165) is 22.3 Å². The second-order valence-corrected chi connectivity index (χ2v) is 8.17. The Morgan fingerprint density at radius 1 is 0.500 bits per heavy atom. The third kappa shape index (κ3) is 8.31. The highest BCUT2D eigenvalue weighted by Crippen LogP contribution is 2.06. The number of rotatable bonds is 8. The van der Waals surface area contributed by atoms with E-state index in [2.05, 4.69) is 45.6 Å². The maximum absolute atomic E-state index is 9.19. The predicted molar refractivity (Wildman–Crippen MR) is 133 cm³/mol. The second kappa shape index (κ2) is 13.9. The van der Waals surface area contributed by atoms with E-state index in [-0.39, 0.29) is 24.8 Å². The van der Waals surface area contributed by atoms with Crippen molar-refractivity contribution in [3.05, 3.63) is 120 Å². The van der Waals surface area contributed by atoms with Gasteiger partial charge in [-0.05, 0) is 22.1 Å². The van der Waals surface area contributed by atoms with Crippen LogP contribution in [0, 0.1) is 0 Å². The average Bonchev–Trinajstić information content (AvgIpc) is 2.85. The van der Waals surface area contributed by atoms with E-state index in [1.807, 2.05) is 49.1 Å². The van der Waals surface area contributed by atoms with Crippen LogP contribution < -0.4 is 44.9 Å². The Kier molecular flexibility index (Phi) is 11.3. The lowest BCUT2D eigenvalue weighted by molar-refractivity contribution is -0.688. The standard InChI is InChI=1S/C26H26B2N2O4.2ClH/c31-27(32)25-7-3-23(4-8-25)19-29-15-11-21(12-16-29)1-2-22-13-17-30(18-14-22)20-24-5-9-26(10-6-24)28(33)34;;/h1-18,31-34H,19-20H2;2*1H/q+2;;/p-2/b2-1+;;. The van der Waals surface area contributed by atoms with Crippen LogP contribution in [0.4, 0.5) is 0 Å². The molecular weight excluding hydrogens is 497 g/mol. The SMILES string of the molecule is OB(O)c1ccc(C[n+]2ccc(/C=C/c3cc[n+](Cc4ccc(B(O)O)cc4)cc3)cc2)cc1.[Cl-].[Cl-]. The minimum atomic E-state index is -1.44. The van der Waals surface area contributed by atoms with Crippen molar-refractivity contribution in [2.45, 2.75) is 13.1 Å². The van der Waals surface area contributed by atoms with Crippen molar-refractivity contribution < 1.29 is 54.0 Å². The molecular formula is C26H26B2Cl2N2O4. The van der Waals surface area contributed by atoms with Gasteiger partial charge in [-0.25, -0.2) is 9.13 Å². The highest BCUT2D eigenvalue weighted by Gasteiger charge is 2.12. The first kappa shape index (κ1) is 29.3. The zero-order valence-electron chi connectivity index (χ0n) is 19.4. The van der Waals surface area contributed by atoms with Crippen molar-refractivity contribution >= 4 is 37.3 Å². The molecule has 0 atom stereocenters. The molecule has 10 heteroatoms. The quantitative estimate of drug-likeness (QED) is 0.137. The minimum absolute atomic E-state index is 0. The van der Waals surface area contributed by atoms with Crippen LogP contribution in [0.2, 0.25) is 0 Å². The molecule has 4 rings (SSSR count). The van der Waals surface area contributed by atoms with Gasteiger partial charge in [0.15, 0.2) is 37.9 Å². The molecule has 4 aromatic rings. The molecule has 0 saturated heterocycles. The Morgan fingerprint density at radius 2 is 0.806 bits per heavy atom. The van der Waals surface area contributed by atoms with Gasteiger partial charge < -0.3 is 44.9 Å². The monoisotopic (exact) mass is 522 g/mol. The third-order valence-electron chi connectivity index (χ3n) is 5.59. The largest absolute Gasteiger partial charge is 1.00 e. The molecule has 2 aromatic heterocycles. The molecule has 0 unspecified atom stereocenters. The summed E-state index contributed by atoms with van der Waals surface area (Å²) < 4.78 is 4.14. The van der Waals surface area contributed by atoms with Gasteiger partial charge in [0.1, 0.15) is 0 Å². The Bertz CT molecular complexity index is 1140. The fourth-order valence-electron chi connectivity index (χ4n) is 3.58. The molecule has 0 aliphatic carbocycles. The molecule has 2 aromatic carbocycles. The first-order valence-electron chi connectivity index (χ1n) is 11.0. The van der Waals surface area contributed by atoms with Gasteiger partial charge in [-0.2, -0.15) is 0 Å². The fraction of sp³-hybridized carbons (Fsp3) is 0.0769. The minimum Gasteiger partial charge on any atom is -1.00 e. The Morgan fingerprint density at radius 3 is 1.08 bits per heavy atom. The first-order valence-corrected chi connectivity index (χ1v) is 11.0. The molecule has 0 radical (unpaired) electrons. The van der Waals surface area contributed by atoms with Crippen LogP contribution >= 0.6 is 0 Å². The van der Waals surface area contributed by atoms with Gasteiger partial charge in [0, 0.05) is 35.4 Å². The lowest BCUT2D eigenvalue weighted by atomic mass is 9.80. The van der Waals surface area contributed by atoms with E-state index in [1.165, 1.54) is 0 Å². The van der Waals surface area contributed by atoms with Gasteiger partial charge in [-0.1, -0.05) is 60.7 Å². The molecule has 36 heavy (non-hydrogen) atoms. The maximum atomic E-state index is 9.19. The zero-order chi connectivity index (χ0) is 23.9. The van der Waals surface area contributed by atoms with Gasteiger partial charge in [-0.3, -0.25) is 0 Å². The Labute approximate surface area is 224 Å². The van der Waals surface area contributed by atoms with Gasteiger partial charge in [0.05, 0.1) is 0 Å². The van der Waals surface area contributed by atoms with Gasteiger partial charge in [0.2, 0.25) is 0 Å².